The third kappa shape index (κ3) is 2.64. The number of nitrogens with zero attached hydrogens (tertiary/aromatic N) is 4. The number of H-pyrrole nitrogens is 1. The second-order valence-electron chi connectivity index (χ2n) is 3.34. The molecule has 0 spiro atoms. The first kappa shape index (κ1) is 11.6. The monoisotopic (exact) mass is 252 g/mol. The van der Waals surface area contributed by atoms with Gasteiger partial charge in [0.05, 0.1) is 12.4 Å². The molecular weight excluding hydrogens is 240 g/mol. The van der Waals surface area contributed by atoms with Gasteiger partial charge < -0.3 is 5.73 Å². The van der Waals surface area contributed by atoms with Gasteiger partial charge in [0.1, 0.15) is 10.8 Å². The highest BCUT2D eigenvalue weighted by Gasteiger charge is 2.09. The standard InChI is InChI=1S/C9H12N6OS/c1-2-3-15-8(16)13-14-9(15)17-7-5-11-6(10)4-12-7/h4-5H,2-3H2,1H3,(H2,10,11)(H,13,16). The van der Waals surface area contributed by atoms with Crippen molar-refractivity contribution in [2.24, 2.45) is 0 Å². The van der Waals surface area contributed by atoms with E-state index in [1.165, 1.54) is 18.0 Å². The predicted octanol–water partition coefficient (Wildman–Crippen LogP) is 0.505. The highest BCUT2D eigenvalue weighted by atomic mass is 32.2. The fourth-order valence-corrected chi connectivity index (χ4v) is 2.05. The molecule has 17 heavy (non-hydrogen) atoms. The SMILES string of the molecule is CCCn1c(Sc2cnc(N)cn2)n[nH]c1=O. The van der Waals surface area contributed by atoms with Crippen LogP contribution in [0.2, 0.25) is 0 Å². The molecule has 2 aromatic rings. The van der Waals surface area contributed by atoms with Gasteiger partial charge in [0, 0.05) is 6.54 Å². The summed E-state index contributed by atoms with van der Waals surface area (Å²) < 4.78 is 1.57. The molecule has 7 nitrogen and oxygen atoms in total. The zero-order valence-corrected chi connectivity index (χ0v) is 10.1. The minimum Gasteiger partial charge on any atom is -0.382 e. The Morgan fingerprint density at radius 2 is 2.29 bits per heavy atom. The summed E-state index contributed by atoms with van der Waals surface area (Å²) in [7, 11) is 0. The quantitative estimate of drug-likeness (QED) is 0.821. The number of anilines is 1. The number of hydrogen-bond acceptors (Lipinski definition) is 6. The van der Waals surface area contributed by atoms with E-state index < -0.39 is 0 Å². The van der Waals surface area contributed by atoms with Gasteiger partial charge in [-0.2, -0.15) is 0 Å². The van der Waals surface area contributed by atoms with Crippen LogP contribution in [0.3, 0.4) is 0 Å². The van der Waals surface area contributed by atoms with Crippen LogP contribution in [0.15, 0.2) is 27.4 Å². The van der Waals surface area contributed by atoms with Crippen LogP contribution < -0.4 is 11.4 Å². The molecule has 0 bridgehead atoms. The van der Waals surface area contributed by atoms with E-state index in [0.29, 0.717) is 22.5 Å². The first-order valence-corrected chi connectivity index (χ1v) is 5.93. The van der Waals surface area contributed by atoms with Gasteiger partial charge in [-0.1, -0.05) is 6.92 Å². The molecule has 0 radical (unpaired) electrons. The molecule has 8 heteroatoms. The highest BCUT2D eigenvalue weighted by molar-refractivity contribution is 7.99. The van der Waals surface area contributed by atoms with E-state index in [-0.39, 0.29) is 5.69 Å². The van der Waals surface area contributed by atoms with Crippen molar-refractivity contribution in [1.82, 2.24) is 24.7 Å². The van der Waals surface area contributed by atoms with Gasteiger partial charge in [0.15, 0.2) is 5.16 Å². The smallest absolute Gasteiger partial charge is 0.343 e. The molecule has 0 aliphatic rings. The highest BCUT2D eigenvalue weighted by Crippen LogP contribution is 2.22. The van der Waals surface area contributed by atoms with Crippen molar-refractivity contribution in [3.05, 3.63) is 22.9 Å². The van der Waals surface area contributed by atoms with E-state index in [2.05, 4.69) is 20.2 Å². The Morgan fingerprint density at radius 3 is 2.94 bits per heavy atom. The van der Waals surface area contributed by atoms with Crippen molar-refractivity contribution in [2.75, 3.05) is 5.73 Å². The van der Waals surface area contributed by atoms with E-state index in [4.69, 9.17) is 5.73 Å². The van der Waals surface area contributed by atoms with E-state index in [1.807, 2.05) is 6.92 Å². The maximum absolute atomic E-state index is 11.4. The van der Waals surface area contributed by atoms with Crippen LogP contribution in [0.1, 0.15) is 13.3 Å². The summed E-state index contributed by atoms with van der Waals surface area (Å²) in [4.78, 5) is 19.5. The molecule has 0 unspecified atom stereocenters. The van der Waals surface area contributed by atoms with E-state index in [0.717, 1.165) is 6.42 Å². The summed E-state index contributed by atoms with van der Waals surface area (Å²) >= 11 is 1.28. The summed E-state index contributed by atoms with van der Waals surface area (Å²) in [5, 5.41) is 7.59. The Hall–Kier alpha value is -1.83. The minimum absolute atomic E-state index is 0.210. The van der Waals surface area contributed by atoms with Crippen LogP contribution in [-0.2, 0) is 6.54 Å². The van der Waals surface area contributed by atoms with Crippen molar-refractivity contribution in [3.63, 3.8) is 0 Å². The van der Waals surface area contributed by atoms with Gasteiger partial charge >= 0.3 is 5.69 Å². The molecule has 0 aliphatic heterocycles. The van der Waals surface area contributed by atoms with Crippen molar-refractivity contribution in [2.45, 2.75) is 30.1 Å². The lowest BCUT2D eigenvalue weighted by Gasteiger charge is -2.02. The lowest BCUT2D eigenvalue weighted by atomic mass is 10.5. The average Bonchev–Trinajstić information content (AvgIpc) is 2.65. The number of hydrogen-bond donors (Lipinski definition) is 2. The van der Waals surface area contributed by atoms with Gasteiger partial charge in [0.25, 0.3) is 0 Å². The van der Waals surface area contributed by atoms with Crippen LogP contribution >= 0.6 is 11.8 Å². The molecule has 0 saturated carbocycles. The molecule has 0 aliphatic carbocycles. The Kier molecular flexibility index (Phi) is 3.43. The molecule has 0 amide bonds. The van der Waals surface area contributed by atoms with Gasteiger partial charge in [0.2, 0.25) is 0 Å². The number of nitrogens with one attached hydrogen (secondary N) is 1. The number of rotatable bonds is 4. The van der Waals surface area contributed by atoms with Crippen molar-refractivity contribution in [1.29, 1.82) is 0 Å². The molecule has 0 fully saturated rings. The molecule has 90 valence electrons. The first-order chi connectivity index (χ1) is 8.20. The van der Waals surface area contributed by atoms with Gasteiger partial charge in [-0.15, -0.1) is 5.10 Å². The zero-order chi connectivity index (χ0) is 12.3. The molecular formula is C9H12N6OS. The predicted molar refractivity (Wildman–Crippen MR) is 63.7 cm³/mol. The molecule has 0 saturated heterocycles. The van der Waals surface area contributed by atoms with Crippen LogP contribution in [0.4, 0.5) is 5.82 Å². The van der Waals surface area contributed by atoms with Crippen molar-refractivity contribution in [3.8, 4) is 0 Å². The van der Waals surface area contributed by atoms with Crippen molar-refractivity contribution < 1.29 is 0 Å². The molecule has 0 atom stereocenters. The fraction of sp³-hybridized carbons (Fsp3) is 0.333. The van der Waals surface area contributed by atoms with Crippen molar-refractivity contribution >= 4 is 17.6 Å². The van der Waals surface area contributed by atoms with Crippen LogP contribution in [0.25, 0.3) is 0 Å². The molecule has 3 N–H and O–H groups in total. The maximum atomic E-state index is 11.4. The largest absolute Gasteiger partial charge is 0.382 e. The van der Waals surface area contributed by atoms with E-state index in [9.17, 15) is 4.79 Å². The van der Waals surface area contributed by atoms with Gasteiger partial charge in [-0.25, -0.2) is 19.9 Å². The second kappa shape index (κ2) is 5.00. The fourth-order valence-electron chi connectivity index (χ4n) is 1.27. The molecule has 2 heterocycles. The number of aromatic amines is 1. The zero-order valence-electron chi connectivity index (χ0n) is 9.25. The Morgan fingerprint density at radius 1 is 1.47 bits per heavy atom. The third-order valence-electron chi connectivity index (χ3n) is 2.01. The third-order valence-corrected chi connectivity index (χ3v) is 2.93. The summed E-state index contributed by atoms with van der Waals surface area (Å²) in [6.45, 7) is 2.62. The lowest BCUT2D eigenvalue weighted by molar-refractivity contribution is 0.603. The van der Waals surface area contributed by atoms with Crippen LogP contribution in [0, 0.1) is 0 Å². The van der Waals surface area contributed by atoms with Gasteiger partial charge in [-0.3, -0.25) is 4.57 Å². The minimum atomic E-state index is -0.210. The Balaban J connectivity index is 2.23. The summed E-state index contributed by atoms with van der Waals surface area (Å²) in [6, 6.07) is 0. The molecule has 0 aromatic carbocycles. The second-order valence-corrected chi connectivity index (χ2v) is 4.33. The summed E-state index contributed by atoms with van der Waals surface area (Å²) in [5.41, 5.74) is 5.23. The van der Waals surface area contributed by atoms with E-state index in [1.54, 1.807) is 10.8 Å². The van der Waals surface area contributed by atoms with Gasteiger partial charge in [-0.05, 0) is 18.2 Å². The van der Waals surface area contributed by atoms with Crippen LogP contribution in [0.5, 0.6) is 0 Å². The van der Waals surface area contributed by atoms with E-state index >= 15 is 0 Å². The van der Waals surface area contributed by atoms with Crippen LogP contribution in [-0.4, -0.2) is 24.7 Å². The normalized spacial score (nSPS) is 10.6. The number of nitrogens with two attached hydrogens (primary N) is 1. The topological polar surface area (TPSA) is 102 Å². The first-order valence-electron chi connectivity index (χ1n) is 5.11. The summed E-state index contributed by atoms with van der Waals surface area (Å²) in [5.74, 6) is 0.363. The average molecular weight is 252 g/mol. The molecule has 2 aromatic heterocycles. The molecule has 2 rings (SSSR count). The Labute approximate surface area is 101 Å². The number of aromatic nitrogens is 5. The number of nitrogen functional groups attached to an aromatic ring is 1. The summed E-state index contributed by atoms with van der Waals surface area (Å²) in [6.07, 6.45) is 3.88. The maximum Gasteiger partial charge on any atom is 0.343 e. The Bertz CT molecular complexity index is 545. The lowest BCUT2D eigenvalue weighted by Crippen LogP contribution is -2.17.